The third-order valence-corrected chi connectivity index (χ3v) is 1.58. The molecule has 0 saturated heterocycles. The van der Waals surface area contributed by atoms with Crippen LogP contribution in [-0.2, 0) is 6.42 Å². The van der Waals surface area contributed by atoms with Crippen LogP contribution in [0.1, 0.15) is 5.69 Å². The molecular weight excluding hydrogens is 206 g/mol. The highest BCUT2D eigenvalue weighted by atomic mass is 79.9. The average molecular weight is 212 g/mol. The van der Waals surface area contributed by atoms with Gasteiger partial charge in [-0.3, -0.25) is 0 Å². The highest BCUT2D eigenvalue weighted by Crippen LogP contribution is 2.13. The summed E-state index contributed by atoms with van der Waals surface area (Å²) in [5.41, 5.74) is 6.13. The molecule has 0 bridgehead atoms. The van der Waals surface area contributed by atoms with Crippen LogP contribution in [-0.4, -0.2) is 4.98 Å². The lowest BCUT2D eigenvalue weighted by Gasteiger charge is -1.97. The Kier molecular flexibility index (Phi) is 2.44. The van der Waals surface area contributed by atoms with Crippen LogP contribution >= 0.6 is 15.9 Å². The highest BCUT2D eigenvalue weighted by molar-refractivity contribution is 9.10. The zero-order valence-corrected chi connectivity index (χ0v) is 7.30. The molecule has 1 aromatic rings. The third kappa shape index (κ3) is 2.20. The SMILES string of the molecule is N#CCc1cc(Br)cc(N)n1. The van der Waals surface area contributed by atoms with Gasteiger partial charge >= 0.3 is 0 Å². The number of halogens is 1. The summed E-state index contributed by atoms with van der Waals surface area (Å²) < 4.78 is 0.857. The summed E-state index contributed by atoms with van der Waals surface area (Å²) in [5.74, 6) is 0.435. The number of nitrogens with zero attached hydrogens (tertiary/aromatic N) is 2. The Morgan fingerprint density at radius 3 is 2.91 bits per heavy atom. The molecule has 1 rings (SSSR count). The van der Waals surface area contributed by atoms with Crippen LogP contribution in [0.25, 0.3) is 0 Å². The number of aromatic nitrogens is 1. The lowest BCUT2D eigenvalue weighted by Crippen LogP contribution is -1.94. The largest absolute Gasteiger partial charge is 0.384 e. The molecule has 0 fully saturated rings. The zero-order valence-electron chi connectivity index (χ0n) is 5.71. The average Bonchev–Trinajstić information content (AvgIpc) is 1.85. The van der Waals surface area contributed by atoms with Crippen LogP contribution in [0.2, 0.25) is 0 Å². The lowest BCUT2D eigenvalue weighted by molar-refractivity contribution is 1.12. The van der Waals surface area contributed by atoms with Crippen LogP contribution in [0, 0.1) is 11.3 Å². The van der Waals surface area contributed by atoms with Crippen LogP contribution < -0.4 is 5.73 Å². The number of pyridine rings is 1. The van der Waals surface area contributed by atoms with E-state index in [0.717, 1.165) is 4.47 Å². The second kappa shape index (κ2) is 3.35. The molecule has 0 aromatic carbocycles. The molecule has 2 N–H and O–H groups in total. The first-order valence-corrected chi connectivity index (χ1v) is 3.80. The molecule has 11 heavy (non-hydrogen) atoms. The van der Waals surface area contributed by atoms with Crippen molar-refractivity contribution in [1.82, 2.24) is 4.98 Å². The van der Waals surface area contributed by atoms with Gasteiger partial charge in [0.25, 0.3) is 0 Å². The van der Waals surface area contributed by atoms with E-state index in [1.807, 2.05) is 6.07 Å². The Morgan fingerprint density at radius 2 is 2.36 bits per heavy atom. The van der Waals surface area contributed by atoms with Gasteiger partial charge in [0.2, 0.25) is 0 Å². The summed E-state index contributed by atoms with van der Waals surface area (Å²) in [6.07, 6.45) is 0.295. The van der Waals surface area contributed by atoms with E-state index in [1.54, 1.807) is 12.1 Å². The van der Waals surface area contributed by atoms with Gasteiger partial charge in [0.1, 0.15) is 5.82 Å². The van der Waals surface area contributed by atoms with Gasteiger partial charge in [-0.15, -0.1) is 0 Å². The summed E-state index contributed by atoms with van der Waals surface area (Å²) in [6.45, 7) is 0. The van der Waals surface area contributed by atoms with E-state index in [4.69, 9.17) is 11.0 Å². The van der Waals surface area contributed by atoms with Crippen LogP contribution in [0.5, 0.6) is 0 Å². The van der Waals surface area contributed by atoms with Gasteiger partial charge < -0.3 is 5.73 Å². The minimum absolute atomic E-state index is 0.295. The maximum Gasteiger partial charge on any atom is 0.124 e. The summed E-state index contributed by atoms with van der Waals surface area (Å²) in [6, 6.07) is 5.47. The monoisotopic (exact) mass is 211 g/mol. The molecule has 0 spiro atoms. The van der Waals surface area contributed by atoms with Crippen molar-refractivity contribution in [2.45, 2.75) is 6.42 Å². The minimum Gasteiger partial charge on any atom is -0.384 e. The first-order chi connectivity index (χ1) is 5.22. The third-order valence-electron chi connectivity index (χ3n) is 1.12. The molecule has 4 heteroatoms. The summed E-state index contributed by atoms with van der Waals surface area (Å²) >= 11 is 3.25. The molecule has 0 unspecified atom stereocenters. The maximum atomic E-state index is 8.36. The fraction of sp³-hybridized carbons (Fsp3) is 0.143. The van der Waals surface area contributed by atoms with Crippen LogP contribution in [0.4, 0.5) is 5.82 Å². The molecule has 3 nitrogen and oxygen atoms in total. The molecular formula is C7H6BrN3. The molecule has 0 saturated carbocycles. The number of nitrogens with two attached hydrogens (primary N) is 1. The Hall–Kier alpha value is -1.08. The van der Waals surface area contributed by atoms with Crippen molar-refractivity contribution < 1.29 is 0 Å². The fourth-order valence-corrected chi connectivity index (χ4v) is 1.24. The van der Waals surface area contributed by atoms with Crippen molar-refractivity contribution in [2.75, 3.05) is 5.73 Å². The van der Waals surface area contributed by atoms with Crippen molar-refractivity contribution in [3.8, 4) is 6.07 Å². The van der Waals surface area contributed by atoms with E-state index in [2.05, 4.69) is 20.9 Å². The summed E-state index contributed by atoms with van der Waals surface area (Å²) in [4.78, 5) is 3.95. The molecule has 1 aromatic heterocycles. The van der Waals surface area contributed by atoms with Gasteiger partial charge in [-0.2, -0.15) is 5.26 Å². The van der Waals surface area contributed by atoms with Crippen LogP contribution in [0.15, 0.2) is 16.6 Å². The molecule has 0 aliphatic heterocycles. The van der Waals surface area contributed by atoms with Crippen molar-refractivity contribution >= 4 is 21.7 Å². The Labute approximate surface area is 73.0 Å². The quantitative estimate of drug-likeness (QED) is 0.766. The van der Waals surface area contributed by atoms with Crippen molar-refractivity contribution in [1.29, 1.82) is 5.26 Å². The first-order valence-electron chi connectivity index (χ1n) is 3.01. The number of rotatable bonds is 1. The first kappa shape index (κ1) is 8.02. The number of nitriles is 1. The van der Waals surface area contributed by atoms with Gasteiger partial charge in [-0.25, -0.2) is 4.98 Å². The summed E-state index contributed by atoms with van der Waals surface area (Å²) in [7, 11) is 0. The second-order valence-corrected chi connectivity index (χ2v) is 2.95. The molecule has 0 aliphatic carbocycles. The fourth-order valence-electron chi connectivity index (χ4n) is 0.744. The molecule has 0 amide bonds. The zero-order chi connectivity index (χ0) is 8.27. The second-order valence-electron chi connectivity index (χ2n) is 2.04. The predicted molar refractivity (Wildman–Crippen MR) is 45.7 cm³/mol. The Morgan fingerprint density at radius 1 is 1.64 bits per heavy atom. The van der Waals surface area contributed by atoms with Crippen LogP contribution in [0.3, 0.4) is 0 Å². The van der Waals surface area contributed by atoms with Gasteiger partial charge in [-0.1, -0.05) is 15.9 Å². The number of anilines is 1. The topological polar surface area (TPSA) is 62.7 Å². The summed E-state index contributed by atoms with van der Waals surface area (Å²) in [5, 5.41) is 8.36. The number of hydrogen-bond acceptors (Lipinski definition) is 3. The molecule has 1 heterocycles. The van der Waals surface area contributed by atoms with Gasteiger partial charge in [0, 0.05) is 4.47 Å². The van der Waals surface area contributed by atoms with E-state index in [1.165, 1.54) is 0 Å². The smallest absolute Gasteiger partial charge is 0.124 e. The van der Waals surface area contributed by atoms with E-state index >= 15 is 0 Å². The van der Waals surface area contributed by atoms with E-state index in [0.29, 0.717) is 17.9 Å². The Bertz CT molecular complexity index is 283. The van der Waals surface area contributed by atoms with Gasteiger partial charge in [-0.05, 0) is 12.1 Å². The number of nitrogen functional groups attached to an aromatic ring is 1. The Balaban J connectivity index is 3.01. The lowest BCUT2D eigenvalue weighted by atomic mass is 10.3. The molecule has 0 radical (unpaired) electrons. The molecule has 0 atom stereocenters. The molecule has 0 aliphatic rings. The van der Waals surface area contributed by atoms with E-state index in [9.17, 15) is 0 Å². The maximum absolute atomic E-state index is 8.36. The van der Waals surface area contributed by atoms with Crippen molar-refractivity contribution in [3.63, 3.8) is 0 Å². The molecule has 56 valence electrons. The van der Waals surface area contributed by atoms with E-state index in [-0.39, 0.29) is 0 Å². The number of hydrogen-bond donors (Lipinski definition) is 1. The highest BCUT2D eigenvalue weighted by Gasteiger charge is 1.96. The van der Waals surface area contributed by atoms with Crippen molar-refractivity contribution in [3.05, 3.63) is 22.3 Å². The van der Waals surface area contributed by atoms with Crippen molar-refractivity contribution in [2.24, 2.45) is 0 Å². The minimum atomic E-state index is 0.295. The normalized spacial score (nSPS) is 9.09. The van der Waals surface area contributed by atoms with E-state index < -0.39 is 0 Å². The van der Waals surface area contributed by atoms with Gasteiger partial charge in [0.15, 0.2) is 0 Å². The standard InChI is InChI=1S/C7H6BrN3/c8-5-3-6(1-2-9)11-7(10)4-5/h3-4H,1H2,(H2,10,11). The van der Waals surface area contributed by atoms with Gasteiger partial charge in [0.05, 0.1) is 18.2 Å². The predicted octanol–water partition coefficient (Wildman–Crippen LogP) is 1.49.